The fourth-order valence-electron chi connectivity index (χ4n) is 1.86. The molecule has 0 aliphatic heterocycles. The van der Waals surface area contributed by atoms with Gasteiger partial charge in [-0.1, -0.05) is 17.7 Å². The summed E-state index contributed by atoms with van der Waals surface area (Å²) < 4.78 is 15.4. The van der Waals surface area contributed by atoms with Gasteiger partial charge >= 0.3 is 0 Å². The third-order valence-electron chi connectivity index (χ3n) is 2.80. The van der Waals surface area contributed by atoms with Gasteiger partial charge in [0, 0.05) is 42.0 Å². The second-order valence-electron chi connectivity index (χ2n) is 4.26. The van der Waals surface area contributed by atoms with Gasteiger partial charge in [0.1, 0.15) is 5.82 Å². The Labute approximate surface area is 111 Å². The second kappa shape index (κ2) is 5.50. The summed E-state index contributed by atoms with van der Waals surface area (Å²) in [4.78, 5) is 0. The van der Waals surface area contributed by atoms with Crippen molar-refractivity contribution in [1.82, 2.24) is 15.1 Å². The minimum atomic E-state index is -0.284. The quantitative estimate of drug-likeness (QED) is 0.923. The van der Waals surface area contributed by atoms with Crippen LogP contribution in [0.5, 0.6) is 0 Å². The molecule has 1 aromatic heterocycles. The maximum Gasteiger partial charge on any atom is 0.129 e. The van der Waals surface area contributed by atoms with E-state index >= 15 is 0 Å². The van der Waals surface area contributed by atoms with Crippen LogP contribution in [0, 0.1) is 5.82 Å². The van der Waals surface area contributed by atoms with E-state index < -0.39 is 0 Å². The molecule has 1 heterocycles. The predicted octanol–water partition coefficient (Wildman–Crippen LogP) is 3.06. The highest BCUT2D eigenvalue weighted by Crippen LogP contribution is 2.25. The molecule has 0 aliphatic carbocycles. The lowest BCUT2D eigenvalue weighted by Gasteiger charge is -2.15. The zero-order valence-electron chi connectivity index (χ0n) is 10.3. The lowest BCUT2D eigenvalue weighted by Crippen LogP contribution is -2.19. The van der Waals surface area contributed by atoms with Crippen molar-refractivity contribution in [2.45, 2.75) is 19.5 Å². The summed E-state index contributed by atoms with van der Waals surface area (Å²) in [7, 11) is 1.86. The first-order valence-electron chi connectivity index (χ1n) is 5.72. The summed E-state index contributed by atoms with van der Waals surface area (Å²) in [5.41, 5.74) is 1.56. The average molecular weight is 268 g/mol. The summed E-state index contributed by atoms with van der Waals surface area (Å²) in [5, 5.41) is 7.76. The molecule has 0 saturated heterocycles. The lowest BCUT2D eigenvalue weighted by atomic mass is 10.1. The van der Waals surface area contributed by atoms with Gasteiger partial charge in [0.05, 0.1) is 6.20 Å². The van der Waals surface area contributed by atoms with Gasteiger partial charge in [0.2, 0.25) is 0 Å². The lowest BCUT2D eigenvalue weighted by molar-refractivity contribution is 0.528. The third-order valence-corrected chi connectivity index (χ3v) is 3.13. The van der Waals surface area contributed by atoms with E-state index in [0.29, 0.717) is 17.1 Å². The van der Waals surface area contributed by atoms with Crippen molar-refractivity contribution >= 4 is 11.6 Å². The van der Waals surface area contributed by atoms with Crippen LogP contribution in [0.4, 0.5) is 4.39 Å². The van der Waals surface area contributed by atoms with E-state index in [9.17, 15) is 4.39 Å². The molecule has 0 aliphatic rings. The Kier molecular flexibility index (Phi) is 3.99. The molecule has 2 aromatic rings. The van der Waals surface area contributed by atoms with Gasteiger partial charge in [-0.3, -0.25) is 4.68 Å². The van der Waals surface area contributed by atoms with Gasteiger partial charge in [-0.2, -0.15) is 5.10 Å². The van der Waals surface area contributed by atoms with Gasteiger partial charge in [-0.25, -0.2) is 4.39 Å². The molecule has 96 valence electrons. The maximum absolute atomic E-state index is 13.7. The number of benzene rings is 1. The molecular weight excluding hydrogens is 253 g/mol. The number of hydrogen-bond donors (Lipinski definition) is 1. The molecule has 1 aromatic carbocycles. The van der Waals surface area contributed by atoms with Crippen LogP contribution in [0.25, 0.3) is 0 Å². The van der Waals surface area contributed by atoms with E-state index in [0.717, 1.165) is 5.56 Å². The predicted molar refractivity (Wildman–Crippen MR) is 69.9 cm³/mol. The zero-order chi connectivity index (χ0) is 13.1. The number of hydrogen-bond acceptors (Lipinski definition) is 2. The molecule has 3 nitrogen and oxygen atoms in total. The Bertz CT molecular complexity index is 519. The Morgan fingerprint density at radius 2 is 2.28 bits per heavy atom. The Hall–Kier alpha value is -1.39. The molecular formula is C13H15ClFN3. The Morgan fingerprint density at radius 3 is 2.89 bits per heavy atom. The van der Waals surface area contributed by atoms with Crippen LogP contribution in [0.15, 0.2) is 30.6 Å². The first kappa shape index (κ1) is 13.1. The van der Waals surface area contributed by atoms with Crippen LogP contribution in [0.2, 0.25) is 5.02 Å². The molecule has 0 fully saturated rings. The summed E-state index contributed by atoms with van der Waals surface area (Å²) in [6, 6.07) is 4.57. The maximum atomic E-state index is 13.7. The van der Waals surface area contributed by atoms with Crippen LogP contribution in [0.1, 0.15) is 24.1 Å². The standard InChI is InChI=1S/C13H15ClFN3/c1-9(13-11(14)4-3-5-12(13)15)16-6-10-7-17-18(2)8-10/h3-5,7-9,16H,6H2,1-2H3/t9-/m0/s1. The van der Waals surface area contributed by atoms with Gasteiger partial charge in [-0.15, -0.1) is 0 Å². The van der Waals surface area contributed by atoms with Crippen LogP contribution in [0.3, 0.4) is 0 Å². The van der Waals surface area contributed by atoms with Crippen molar-refractivity contribution in [1.29, 1.82) is 0 Å². The molecule has 0 bridgehead atoms. The number of aromatic nitrogens is 2. The van der Waals surface area contributed by atoms with E-state index in [-0.39, 0.29) is 11.9 Å². The second-order valence-corrected chi connectivity index (χ2v) is 4.67. The van der Waals surface area contributed by atoms with Crippen molar-refractivity contribution in [3.8, 4) is 0 Å². The van der Waals surface area contributed by atoms with Crippen LogP contribution in [-0.4, -0.2) is 9.78 Å². The molecule has 5 heteroatoms. The summed E-state index contributed by atoms with van der Waals surface area (Å²) in [5.74, 6) is -0.284. The van der Waals surface area contributed by atoms with Crippen LogP contribution < -0.4 is 5.32 Å². The molecule has 1 atom stereocenters. The van der Waals surface area contributed by atoms with E-state index in [1.807, 2.05) is 20.2 Å². The molecule has 1 N–H and O–H groups in total. The molecule has 0 saturated carbocycles. The fraction of sp³-hybridized carbons (Fsp3) is 0.308. The number of halogens is 2. The normalized spacial score (nSPS) is 12.7. The fourth-order valence-corrected chi connectivity index (χ4v) is 2.19. The number of nitrogens with zero attached hydrogens (tertiary/aromatic N) is 2. The summed E-state index contributed by atoms with van der Waals surface area (Å²) in [6.07, 6.45) is 3.70. The van der Waals surface area contributed by atoms with Crippen molar-refractivity contribution in [3.63, 3.8) is 0 Å². The number of nitrogens with one attached hydrogen (secondary N) is 1. The summed E-state index contributed by atoms with van der Waals surface area (Å²) >= 11 is 6.01. The highest BCUT2D eigenvalue weighted by atomic mass is 35.5. The van der Waals surface area contributed by atoms with Crippen molar-refractivity contribution < 1.29 is 4.39 Å². The Balaban J connectivity index is 2.06. The third kappa shape index (κ3) is 2.89. The topological polar surface area (TPSA) is 29.9 Å². The van der Waals surface area contributed by atoms with Crippen molar-refractivity contribution in [2.75, 3.05) is 0 Å². The largest absolute Gasteiger partial charge is 0.306 e. The van der Waals surface area contributed by atoms with Gasteiger partial charge < -0.3 is 5.32 Å². The molecule has 2 rings (SSSR count). The molecule has 18 heavy (non-hydrogen) atoms. The molecule has 0 unspecified atom stereocenters. The summed E-state index contributed by atoms with van der Waals surface area (Å²) in [6.45, 7) is 2.51. The number of aryl methyl sites for hydroxylation is 1. The molecule has 0 spiro atoms. The zero-order valence-corrected chi connectivity index (χ0v) is 11.1. The minimum absolute atomic E-state index is 0.154. The molecule has 0 amide bonds. The van der Waals surface area contributed by atoms with Gasteiger partial charge in [0.25, 0.3) is 0 Å². The first-order chi connectivity index (χ1) is 8.58. The Morgan fingerprint density at radius 1 is 1.50 bits per heavy atom. The molecule has 0 radical (unpaired) electrons. The highest BCUT2D eigenvalue weighted by molar-refractivity contribution is 6.31. The van der Waals surface area contributed by atoms with Crippen molar-refractivity contribution in [3.05, 3.63) is 52.6 Å². The first-order valence-corrected chi connectivity index (χ1v) is 6.10. The average Bonchev–Trinajstić information content (AvgIpc) is 2.72. The monoisotopic (exact) mass is 267 g/mol. The van der Waals surface area contributed by atoms with E-state index in [4.69, 9.17) is 11.6 Å². The number of rotatable bonds is 4. The van der Waals surface area contributed by atoms with E-state index in [1.54, 1.807) is 23.0 Å². The highest BCUT2D eigenvalue weighted by Gasteiger charge is 2.14. The van der Waals surface area contributed by atoms with Gasteiger partial charge in [-0.05, 0) is 19.1 Å². The smallest absolute Gasteiger partial charge is 0.129 e. The van der Waals surface area contributed by atoms with Gasteiger partial charge in [0.15, 0.2) is 0 Å². The van der Waals surface area contributed by atoms with Crippen molar-refractivity contribution in [2.24, 2.45) is 7.05 Å². The van der Waals surface area contributed by atoms with Crippen LogP contribution >= 0.6 is 11.6 Å². The van der Waals surface area contributed by atoms with E-state index in [1.165, 1.54) is 6.07 Å². The van der Waals surface area contributed by atoms with E-state index in [2.05, 4.69) is 10.4 Å². The van der Waals surface area contributed by atoms with Crippen LogP contribution in [-0.2, 0) is 13.6 Å². The minimum Gasteiger partial charge on any atom is -0.306 e. The SMILES string of the molecule is C[C@H](NCc1cnn(C)c1)c1c(F)cccc1Cl.